The van der Waals surface area contributed by atoms with Gasteiger partial charge in [-0.3, -0.25) is 9.59 Å². The van der Waals surface area contributed by atoms with Crippen molar-refractivity contribution in [3.8, 4) is 11.3 Å². The lowest BCUT2D eigenvalue weighted by molar-refractivity contribution is -0.132. The molecule has 158 valence electrons. The molecule has 1 aromatic carbocycles. The molecule has 0 aliphatic carbocycles. The van der Waals surface area contributed by atoms with Crippen LogP contribution in [0.25, 0.3) is 11.3 Å². The Labute approximate surface area is 176 Å². The van der Waals surface area contributed by atoms with Crippen molar-refractivity contribution in [3.63, 3.8) is 0 Å². The highest BCUT2D eigenvalue weighted by Gasteiger charge is 2.26. The predicted molar refractivity (Wildman–Crippen MR) is 114 cm³/mol. The van der Waals surface area contributed by atoms with E-state index in [0.29, 0.717) is 39.1 Å². The molecule has 2 aromatic rings. The molecule has 8 nitrogen and oxygen atoms in total. The van der Waals surface area contributed by atoms with E-state index in [9.17, 15) is 9.59 Å². The van der Waals surface area contributed by atoms with Gasteiger partial charge in [0, 0.05) is 50.3 Å². The maximum Gasteiger partial charge on any atom is 0.227 e. The van der Waals surface area contributed by atoms with Crippen LogP contribution in [0.4, 0.5) is 11.5 Å². The van der Waals surface area contributed by atoms with Crippen LogP contribution in [-0.2, 0) is 14.3 Å². The van der Waals surface area contributed by atoms with E-state index >= 15 is 0 Å². The van der Waals surface area contributed by atoms with Gasteiger partial charge in [-0.1, -0.05) is 12.1 Å². The molecule has 0 radical (unpaired) electrons. The average Bonchev–Trinajstić information content (AvgIpc) is 2.80. The van der Waals surface area contributed by atoms with E-state index in [1.54, 1.807) is 11.8 Å². The van der Waals surface area contributed by atoms with Crippen molar-refractivity contribution in [1.82, 2.24) is 15.1 Å². The third-order valence-electron chi connectivity index (χ3n) is 5.72. The number of likely N-dealkylation sites (tertiary alicyclic amines) is 1. The minimum absolute atomic E-state index is 0.00380. The number of nitrogens with zero attached hydrogens (tertiary/aromatic N) is 4. The van der Waals surface area contributed by atoms with Crippen LogP contribution >= 0.6 is 0 Å². The van der Waals surface area contributed by atoms with Crippen LogP contribution in [0.15, 0.2) is 36.4 Å². The molecule has 2 aliphatic rings. The van der Waals surface area contributed by atoms with Gasteiger partial charge in [-0.25, -0.2) is 0 Å². The quantitative estimate of drug-likeness (QED) is 0.833. The molecule has 4 rings (SSSR count). The topological polar surface area (TPSA) is 87.7 Å². The maximum absolute atomic E-state index is 12.7. The van der Waals surface area contributed by atoms with Crippen LogP contribution in [-0.4, -0.2) is 66.3 Å². The molecule has 1 N–H and O–H groups in total. The smallest absolute Gasteiger partial charge is 0.227 e. The Morgan fingerprint density at radius 1 is 1.03 bits per heavy atom. The number of anilines is 2. The summed E-state index contributed by atoms with van der Waals surface area (Å²) in [6.45, 7) is 5.90. The zero-order valence-electron chi connectivity index (χ0n) is 17.2. The van der Waals surface area contributed by atoms with Gasteiger partial charge >= 0.3 is 0 Å². The predicted octanol–water partition coefficient (Wildman–Crippen LogP) is 2.18. The molecule has 2 aliphatic heterocycles. The molecule has 1 aromatic heterocycles. The lowest BCUT2D eigenvalue weighted by atomic mass is 9.95. The van der Waals surface area contributed by atoms with E-state index in [1.165, 1.54) is 0 Å². The van der Waals surface area contributed by atoms with Crippen molar-refractivity contribution < 1.29 is 14.3 Å². The molecule has 0 unspecified atom stereocenters. The first-order valence-corrected chi connectivity index (χ1v) is 10.4. The van der Waals surface area contributed by atoms with Crippen molar-refractivity contribution >= 4 is 23.3 Å². The Kier molecular flexibility index (Phi) is 6.23. The highest BCUT2D eigenvalue weighted by molar-refractivity contribution is 5.93. The Hall–Kier alpha value is -3.00. The number of hydrogen-bond acceptors (Lipinski definition) is 6. The molecule has 0 spiro atoms. The van der Waals surface area contributed by atoms with E-state index in [0.717, 1.165) is 35.9 Å². The molecular weight excluding hydrogens is 382 g/mol. The third kappa shape index (κ3) is 4.76. The van der Waals surface area contributed by atoms with Gasteiger partial charge in [-0.05, 0) is 37.1 Å². The lowest BCUT2D eigenvalue weighted by Gasteiger charge is -2.30. The summed E-state index contributed by atoms with van der Waals surface area (Å²) in [5.41, 5.74) is 2.41. The highest BCUT2D eigenvalue weighted by Crippen LogP contribution is 2.24. The van der Waals surface area contributed by atoms with Gasteiger partial charge in [0.15, 0.2) is 5.82 Å². The second-order valence-corrected chi connectivity index (χ2v) is 7.73. The summed E-state index contributed by atoms with van der Waals surface area (Å²) in [6, 6.07) is 11.6. The van der Waals surface area contributed by atoms with Crippen LogP contribution in [0, 0.1) is 5.92 Å². The molecule has 0 bridgehead atoms. The fraction of sp³-hybridized carbons (Fsp3) is 0.455. The number of hydrogen-bond donors (Lipinski definition) is 1. The molecule has 0 atom stereocenters. The minimum Gasteiger partial charge on any atom is -0.378 e. The van der Waals surface area contributed by atoms with Gasteiger partial charge in [0.1, 0.15) is 0 Å². The Bertz CT molecular complexity index is 888. The average molecular weight is 409 g/mol. The normalized spacial score (nSPS) is 17.6. The summed E-state index contributed by atoms with van der Waals surface area (Å²) in [7, 11) is 0. The first kappa shape index (κ1) is 20.3. The van der Waals surface area contributed by atoms with Crippen LogP contribution in [0.3, 0.4) is 0 Å². The van der Waals surface area contributed by atoms with Crippen LogP contribution in [0.1, 0.15) is 19.8 Å². The number of benzene rings is 1. The Morgan fingerprint density at radius 2 is 1.80 bits per heavy atom. The van der Waals surface area contributed by atoms with Gasteiger partial charge in [-0.15, -0.1) is 10.2 Å². The van der Waals surface area contributed by atoms with Gasteiger partial charge in [0.05, 0.1) is 18.9 Å². The summed E-state index contributed by atoms with van der Waals surface area (Å²) in [4.78, 5) is 28.1. The second-order valence-electron chi connectivity index (χ2n) is 7.73. The Balaban J connectivity index is 1.39. The number of rotatable bonds is 4. The molecule has 0 saturated carbocycles. The number of nitrogens with one attached hydrogen (secondary N) is 1. The number of carbonyl (C=O) groups is 2. The summed E-state index contributed by atoms with van der Waals surface area (Å²) in [6.07, 6.45) is 1.39. The summed E-state index contributed by atoms with van der Waals surface area (Å²) in [5, 5.41) is 11.8. The SMILES string of the molecule is CC(=O)N1CCC(C(=O)Nc2cccc(-c3ccc(N4CCOCC4)nn3)c2)CC1. The first-order valence-electron chi connectivity index (χ1n) is 10.4. The number of morpholine rings is 1. The third-order valence-corrected chi connectivity index (χ3v) is 5.72. The number of ether oxygens (including phenoxy) is 1. The fourth-order valence-corrected chi connectivity index (χ4v) is 3.90. The van der Waals surface area contributed by atoms with Gasteiger partial charge in [-0.2, -0.15) is 0 Å². The number of aromatic nitrogens is 2. The number of amides is 2. The lowest BCUT2D eigenvalue weighted by Crippen LogP contribution is -2.40. The standard InChI is InChI=1S/C22H27N5O3/c1-16(28)26-9-7-17(8-10-26)22(29)23-19-4-2-3-18(15-19)20-5-6-21(25-24-20)27-11-13-30-14-12-27/h2-6,15,17H,7-14H2,1H3,(H,23,29). The largest absolute Gasteiger partial charge is 0.378 e. The van der Waals surface area contributed by atoms with Crippen molar-refractivity contribution in [2.75, 3.05) is 49.6 Å². The molecule has 30 heavy (non-hydrogen) atoms. The molecular formula is C22H27N5O3. The molecule has 8 heteroatoms. The van der Waals surface area contributed by atoms with Crippen molar-refractivity contribution in [1.29, 1.82) is 0 Å². The summed E-state index contributed by atoms with van der Waals surface area (Å²) < 4.78 is 5.38. The van der Waals surface area contributed by atoms with E-state index in [-0.39, 0.29) is 17.7 Å². The summed E-state index contributed by atoms with van der Waals surface area (Å²) in [5.74, 6) is 0.853. The molecule has 2 saturated heterocycles. The number of carbonyl (C=O) groups excluding carboxylic acids is 2. The number of piperidine rings is 1. The first-order chi connectivity index (χ1) is 14.6. The van der Waals surface area contributed by atoms with Gasteiger partial charge < -0.3 is 19.9 Å². The van der Waals surface area contributed by atoms with E-state index in [2.05, 4.69) is 20.4 Å². The van der Waals surface area contributed by atoms with Crippen molar-refractivity contribution in [3.05, 3.63) is 36.4 Å². The zero-order valence-corrected chi connectivity index (χ0v) is 17.2. The van der Waals surface area contributed by atoms with E-state index in [1.807, 2.05) is 36.4 Å². The monoisotopic (exact) mass is 409 g/mol. The highest BCUT2D eigenvalue weighted by atomic mass is 16.5. The van der Waals surface area contributed by atoms with Crippen LogP contribution in [0.2, 0.25) is 0 Å². The summed E-state index contributed by atoms with van der Waals surface area (Å²) >= 11 is 0. The Morgan fingerprint density at radius 3 is 2.47 bits per heavy atom. The fourth-order valence-electron chi connectivity index (χ4n) is 3.90. The van der Waals surface area contributed by atoms with Crippen LogP contribution < -0.4 is 10.2 Å². The van der Waals surface area contributed by atoms with Crippen molar-refractivity contribution in [2.45, 2.75) is 19.8 Å². The van der Waals surface area contributed by atoms with Crippen molar-refractivity contribution in [2.24, 2.45) is 5.92 Å². The molecule has 2 amide bonds. The van der Waals surface area contributed by atoms with Gasteiger partial charge in [0.2, 0.25) is 11.8 Å². The maximum atomic E-state index is 12.7. The van der Waals surface area contributed by atoms with E-state index < -0.39 is 0 Å². The molecule has 3 heterocycles. The zero-order chi connectivity index (χ0) is 20.9. The minimum atomic E-state index is -0.0724. The van der Waals surface area contributed by atoms with E-state index in [4.69, 9.17) is 4.74 Å². The second kappa shape index (κ2) is 9.21. The van der Waals surface area contributed by atoms with Crippen LogP contribution in [0.5, 0.6) is 0 Å². The van der Waals surface area contributed by atoms with Gasteiger partial charge in [0.25, 0.3) is 0 Å². The molecule has 2 fully saturated rings.